The molecule has 0 amide bonds. The lowest BCUT2D eigenvalue weighted by Gasteiger charge is -2.44. The standard InChI is InChI=1S/C25H24O/c26-23-6-4-17-10-19-9-14-1-2-16(19)12-21(17)24(23)25-8-7-18(13-25)20-11-15(14)3-5-22(20)25/h1-2,9-10,12,15,18,24H,3-8,11,13H2. The third-order valence-corrected chi connectivity index (χ3v) is 8.66. The van der Waals surface area contributed by atoms with Crippen LogP contribution in [0.4, 0.5) is 0 Å². The van der Waals surface area contributed by atoms with Gasteiger partial charge in [0.1, 0.15) is 5.78 Å². The Morgan fingerprint density at radius 2 is 1.88 bits per heavy atom. The van der Waals surface area contributed by atoms with Gasteiger partial charge in [0.05, 0.1) is 5.92 Å². The average molecular weight is 340 g/mol. The van der Waals surface area contributed by atoms with E-state index in [4.69, 9.17) is 0 Å². The van der Waals surface area contributed by atoms with Gasteiger partial charge in [-0.1, -0.05) is 41.5 Å². The van der Waals surface area contributed by atoms with Crippen molar-refractivity contribution in [3.63, 3.8) is 0 Å². The summed E-state index contributed by atoms with van der Waals surface area (Å²) in [6.45, 7) is 0. The molecule has 4 unspecified atom stereocenters. The number of rotatable bonds is 0. The number of aryl methyl sites for hydroxylation is 1. The van der Waals surface area contributed by atoms with E-state index in [9.17, 15) is 4.79 Å². The molecule has 1 heteroatoms. The van der Waals surface area contributed by atoms with E-state index >= 15 is 0 Å². The molecular formula is C25H24O. The van der Waals surface area contributed by atoms with E-state index in [1.165, 1.54) is 60.4 Å². The van der Waals surface area contributed by atoms with Crippen molar-refractivity contribution >= 4 is 16.6 Å². The summed E-state index contributed by atoms with van der Waals surface area (Å²) in [7, 11) is 0. The minimum atomic E-state index is 0.142. The Labute approximate surface area is 154 Å². The molecule has 0 heterocycles. The molecule has 4 atom stereocenters. The number of carbonyl (C=O) groups is 1. The van der Waals surface area contributed by atoms with Crippen molar-refractivity contribution in [2.45, 2.75) is 63.2 Å². The number of carbonyl (C=O) groups excluding carboxylic acids is 1. The summed E-state index contributed by atoms with van der Waals surface area (Å²) in [5.74, 6) is 2.13. The van der Waals surface area contributed by atoms with Crippen LogP contribution in [-0.4, -0.2) is 5.78 Å². The highest BCUT2D eigenvalue weighted by molar-refractivity contribution is 5.93. The van der Waals surface area contributed by atoms with E-state index in [2.05, 4.69) is 30.3 Å². The second kappa shape index (κ2) is 4.50. The third kappa shape index (κ3) is 1.54. The maximum absolute atomic E-state index is 13.3. The molecule has 0 radical (unpaired) electrons. The first kappa shape index (κ1) is 14.2. The van der Waals surface area contributed by atoms with Crippen LogP contribution in [0.1, 0.15) is 73.5 Å². The van der Waals surface area contributed by atoms with Gasteiger partial charge in [0, 0.05) is 11.8 Å². The van der Waals surface area contributed by atoms with Gasteiger partial charge in [-0.05, 0) is 84.2 Å². The normalized spacial score (nSPS) is 36.5. The van der Waals surface area contributed by atoms with Crippen molar-refractivity contribution < 1.29 is 4.79 Å². The summed E-state index contributed by atoms with van der Waals surface area (Å²) >= 11 is 0. The van der Waals surface area contributed by atoms with Crippen molar-refractivity contribution in [1.29, 1.82) is 0 Å². The number of hydrogen-bond donors (Lipinski definition) is 0. The maximum Gasteiger partial charge on any atom is 0.141 e. The molecule has 1 nitrogen and oxygen atoms in total. The first-order valence-corrected chi connectivity index (χ1v) is 10.5. The molecule has 0 saturated heterocycles. The molecule has 2 aromatic rings. The van der Waals surface area contributed by atoms with Gasteiger partial charge in [-0.3, -0.25) is 4.79 Å². The Morgan fingerprint density at radius 1 is 0.923 bits per heavy atom. The monoisotopic (exact) mass is 340 g/mol. The Morgan fingerprint density at radius 3 is 2.85 bits per heavy atom. The number of allylic oxidation sites excluding steroid dienone is 2. The third-order valence-electron chi connectivity index (χ3n) is 8.66. The summed E-state index contributed by atoms with van der Waals surface area (Å²) in [6, 6.07) is 12.0. The van der Waals surface area contributed by atoms with Crippen LogP contribution in [0.15, 0.2) is 41.5 Å². The van der Waals surface area contributed by atoms with Crippen LogP contribution in [0, 0.1) is 11.3 Å². The lowest BCUT2D eigenvalue weighted by Crippen LogP contribution is -2.37. The quantitative estimate of drug-likeness (QED) is 0.553. The van der Waals surface area contributed by atoms with Gasteiger partial charge in [-0.2, -0.15) is 0 Å². The highest BCUT2D eigenvalue weighted by atomic mass is 16.1. The van der Waals surface area contributed by atoms with Crippen LogP contribution < -0.4 is 0 Å². The summed E-state index contributed by atoms with van der Waals surface area (Å²) in [5, 5.41) is 2.73. The van der Waals surface area contributed by atoms with Crippen LogP contribution in [0.5, 0.6) is 0 Å². The number of benzene rings is 2. The van der Waals surface area contributed by atoms with Crippen molar-refractivity contribution in [2.75, 3.05) is 0 Å². The highest BCUT2D eigenvalue weighted by Gasteiger charge is 2.58. The van der Waals surface area contributed by atoms with Crippen molar-refractivity contribution in [3.05, 3.63) is 58.2 Å². The second-order valence-electron chi connectivity index (χ2n) is 9.60. The first-order chi connectivity index (χ1) is 12.7. The Hall–Kier alpha value is -1.89. The fraction of sp³-hybridized carbons (Fsp3) is 0.480. The molecule has 130 valence electrons. The summed E-state index contributed by atoms with van der Waals surface area (Å²) in [4.78, 5) is 13.3. The number of hydrogen-bond acceptors (Lipinski definition) is 1. The molecule has 0 aliphatic heterocycles. The van der Waals surface area contributed by atoms with Crippen LogP contribution in [0.3, 0.4) is 0 Å². The molecule has 2 aromatic carbocycles. The van der Waals surface area contributed by atoms with Crippen LogP contribution in [0.25, 0.3) is 10.8 Å². The SMILES string of the molecule is O=C1CCc2cc3cc4ccc3cc2C1C12CCC(C1)C1=C2CCC4C1. The van der Waals surface area contributed by atoms with E-state index < -0.39 is 0 Å². The lowest BCUT2D eigenvalue weighted by molar-refractivity contribution is -0.123. The highest BCUT2D eigenvalue weighted by Crippen LogP contribution is 2.68. The minimum Gasteiger partial charge on any atom is -0.299 e. The zero-order chi connectivity index (χ0) is 17.0. The molecule has 11 bridgehead atoms. The molecule has 1 saturated carbocycles. The second-order valence-corrected chi connectivity index (χ2v) is 9.60. The van der Waals surface area contributed by atoms with Gasteiger partial charge >= 0.3 is 0 Å². The van der Waals surface area contributed by atoms with Crippen molar-refractivity contribution in [3.8, 4) is 0 Å². The smallest absolute Gasteiger partial charge is 0.141 e. The molecule has 1 fully saturated rings. The lowest BCUT2D eigenvalue weighted by atomic mass is 9.59. The Kier molecular flexibility index (Phi) is 2.46. The van der Waals surface area contributed by atoms with E-state index in [1.807, 2.05) is 0 Å². The molecule has 0 N–H and O–H groups in total. The summed E-state index contributed by atoms with van der Waals surface area (Å²) in [5.41, 5.74) is 8.10. The molecule has 0 aromatic heterocycles. The largest absolute Gasteiger partial charge is 0.299 e. The minimum absolute atomic E-state index is 0.142. The molecule has 10 aliphatic carbocycles. The first-order valence-electron chi connectivity index (χ1n) is 10.5. The maximum atomic E-state index is 13.3. The molecule has 10 aliphatic rings. The molecular weight excluding hydrogens is 316 g/mol. The molecule has 26 heavy (non-hydrogen) atoms. The van der Waals surface area contributed by atoms with Gasteiger partial charge in [0.25, 0.3) is 0 Å². The van der Waals surface area contributed by atoms with Crippen molar-refractivity contribution in [2.24, 2.45) is 11.3 Å². The van der Waals surface area contributed by atoms with Gasteiger partial charge in [0.15, 0.2) is 0 Å². The summed E-state index contributed by atoms with van der Waals surface area (Å²) in [6.07, 6.45) is 9.32. The van der Waals surface area contributed by atoms with Gasteiger partial charge in [-0.25, -0.2) is 0 Å². The van der Waals surface area contributed by atoms with E-state index in [1.54, 1.807) is 16.7 Å². The topological polar surface area (TPSA) is 17.1 Å². The van der Waals surface area contributed by atoms with Gasteiger partial charge in [-0.15, -0.1) is 0 Å². The van der Waals surface area contributed by atoms with E-state index in [0.29, 0.717) is 11.7 Å². The molecule has 12 rings (SSSR count). The molecule has 1 spiro atoms. The van der Waals surface area contributed by atoms with E-state index in [0.717, 1.165) is 18.8 Å². The van der Waals surface area contributed by atoms with Crippen LogP contribution in [-0.2, 0) is 11.2 Å². The van der Waals surface area contributed by atoms with Crippen molar-refractivity contribution in [1.82, 2.24) is 0 Å². The van der Waals surface area contributed by atoms with Gasteiger partial charge in [0.2, 0.25) is 0 Å². The van der Waals surface area contributed by atoms with E-state index in [-0.39, 0.29) is 11.3 Å². The Bertz CT molecular complexity index is 1040. The fourth-order valence-electron chi connectivity index (χ4n) is 7.62. The predicted octanol–water partition coefficient (Wildman–Crippen LogP) is 5.82. The predicted molar refractivity (Wildman–Crippen MR) is 103 cm³/mol. The summed E-state index contributed by atoms with van der Waals surface area (Å²) < 4.78 is 0. The average Bonchev–Trinajstić information content (AvgIpc) is 3.23. The Balaban J connectivity index is 1.62. The van der Waals surface area contributed by atoms with Gasteiger partial charge < -0.3 is 0 Å². The number of fused-ring (bicyclic) bond motifs is 1. The van der Waals surface area contributed by atoms with Crippen LogP contribution in [0.2, 0.25) is 0 Å². The zero-order valence-electron chi connectivity index (χ0n) is 15.2. The number of ketones is 1. The fourth-order valence-corrected chi connectivity index (χ4v) is 7.62. The number of Topliss-reactive ketones (excluding diaryl/α,β-unsaturated/α-hetero) is 1. The zero-order valence-corrected chi connectivity index (χ0v) is 15.2. The van der Waals surface area contributed by atoms with Crippen LogP contribution >= 0.6 is 0 Å².